The number of nitrogens with one attached hydrogen (secondary N) is 1. The van der Waals surface area contributed by atoms with Crippen molar-refractivity contribution in [2.45, 2.75) is 6.54 Å². The summed E-state index contributed by atoms with van der Waals surface area (Å²) in [6, 6.07) is 12.1. The second-order valence-corrected chi connectivity index (χ2v) is 4.01. The Morgan fingerprint density at radius 1 is 1.13 bits per heavy atom. The van der Waals surface area contributed by atoms with Gasteiger partial charge in [0, 0.05) is 35.3 Å². The molecule has 0 aliphatic heterocycles. The average molecular weight is 311 g/mol. The zero-order valence-corrected chi connectivity index (χ0v) is 10.2. The van der Waals surface area contributed by atoms with E-state index >= 15 is 0 Å². The topological polar surface area (TPSA) is 37.8 Å². The van der Waals surface area contributed by atoms with E-state index in [1.54, 1.807) is 6.20 Å². The van der Waals surface area contributed by atoms with Crippen LogP contribution in [0.3, 0.4) is 0 Å². The minimum Gasteiger partial charge on any atom is -0.366 e. The zero-order valence-electron chi connectivity index (χ0n) is 8.02. The van der Waals surface area contributed by atoms with E-state index in [1.165, 1.54) is 5.56 Å². The maximum atomic E-state index is 4.25. The van der Waals surface area contributed by atoms with Crippen molar-refractivity contribution in [2.24, 2.45) is 0 Å². The van der Waals surface area contributed by atoms with Gasteiger partial charge in [0.25, 0.3) is 0 Å². The fourth-order valence-corrected chi connectivity index (χ4v) is 1.64. The van der Waals surface area contributed by atoms with Gasteiger partial charge in [-0.25, -0.2) is 9.97 Å². The lowest BCUT2D eigenvalue weighted by atomic mass is 10.2. The summed E-state index contributed by atoms with van der Waals surface area (Å²) < 4.78 is 0.755. The van der Waals surface area contributed by atoms with Crippen molar-refractivity contribution in [1.82, 2.24) is 9.97 Å². The van der Waals surface area contributed by atoms with E-state index < -0.39 is 0 Å². The standard InChI is InChI=1S/C11H10IN3/c12-11-13-7-6-10(15-11)14-8-9-4-2-1-3-5-9/h1-7H,8H2,(H,13,14,15). The van der Waals surface area contributed by atoms with Crippen LogP contribution in [-0.2, 0) is 6.54 Å². The van der Waals surface area contributed by atoms with Gasteiger partial charge in [-0.15, -0.1) is 0 Å². The second kappa shape index (κ2) is 5.06. The van der Waals surface area contributed by atoms with Crippen LogP contribution in [0.1, 0.15) is 5.56 Å². The highest BCUT2D eigenvalue weighted by atomic mass is 127. The molecule has 0 saturated heterocycles. The lowest BCUT2D eigenvalue weighted by Gasteiger charge is -2.04. The van der Waals surface area contributed by atoms with Crippen molar-refractivity contribution in [1.29, 1.82) is 0 Å². The molecule has 1 aromatic carbocycles. The van der Waals surface area contributed by atoms with Gasteiger partial charge in [-0.3, -0.25) is 0 Å². The van der Waals surface area contributed by atoms with Gasteiger partial charge in [0.2, 0.25) is 0 Å². The van der Waals surface area contributed by atoms with E-state index in [-0.39, 0.29) is 0 Å². The van der Waals surface area contributed by atoms with Crippen molar-refractivity contribution in [2.75, 3.05) is 5.32 Å². The van der Waals surface area contributed by atoms with Crippen LogP contribution in [-0.4, -0.2) is 9.97 Å². The molecule has 0 unspecified atom stereocenters. The Bertz CT molecular complexity index is 431. The van der Waals surface area contributed by atoms with E-state index in [9.17, 15) is 0 Å². The van der Waals surface area contributed by atoms with E-state index in [2.05, 4.69) is 50.0 Å². The molecule has 0 radical (unpaired) electrons. The number of hydrogen-bond acceptors (Lipinski definition) is 3. The summed E-state index contributed by atoms with van der Waals surface area (Å²) >= 11 is 2.10. The maximum absolute atomic E-state index is 4.25. The predicted octanol–water partition coefficient (Wildman–Crippen LogP) is 2.69. The molecule has 0 amide bonds. The van der Waals surface area contributed by atoms with E-state index in [0.717, 1.165) is 16.2 Å². The van der Waals surface area contributed by atoms with Crippen LogP contribution in [0.25, 0.3) is 0 Å². The number of hydrogen-bond donors (Lipinski definition) is 1. The maximum Gasteiger partial charge on any atom is 0.192 e. The van der Waals surface area contributed by atoms with Gasteiger partial charge in [-0.05, 0) is 11.6 Å². The first kappa shape index (κ1) is 10.4. The van der Waals surface area contributed by atoms with Crippen LogP contribution in [0, 0.1) is 3.83 Å². The van der Waals surface area contributed by atoms with Gasteiger partial charge in [-0.1, -0.05) is 30.3 Å². The van der Waals surface area contributed by atoms with Crippen LogP contribution in [0.5, 0.6) is 0 Å². The Kier molecular flexibility index (Phi) is 3.49. The molecule has 0 saturated carbocycles. The Balaban J connectivity index is 1.99. The molecule has 0 aliphatic rings. The summed E-state index contributed by atoms with van der Waals surface area (Å²) in [4.78, 5) is 8.28. The Morgan fingerprint density at radius 3 is 2.67 bits per heavy atom. The number of nitrogens with zero attached hydrogens (tertiary/aromatic N) is 2. The van der Waals surface area contributed by atoms with Gasteiger partial charge in [0.1, 0.15) is 5.82 Å². The Morgan fingerprint density at radius 2 is 1.93 bits per heavy atom. The first-order valence-electron chi connectivity index (χ1n) is 4.61. The molecule has 4 heteroatoms. The van der Waals surface area contributed by atoms with Crippen molar-refractivity contribution in [3.8, 4) is 0 Å². The van der Waals surface area contributed by atoms with E-state index in [4.69, 9.17) is 0 Å². The van der Waals surface area contributed by atoms with Gasteiger partial charge in [0.15, 0.2) is 3.83 Å². The summed E-state index contributed by atoms with van der Waals surface area (Å²) in [5.41, 5.74) is 1.24. The molecule has 1 aromatic heterocycles. The third-order valence-corrected chi connectivity index (χ3v) is 2.46. The summed E-state index contributed by atoms with van der Waals surface area (Å²) in [6.45, 7) is 0.786. The van der Waals surface area contributed by atoms with Crippen molar-refractivity contribution in [3.05, 3.63) is 52.0 Å². The highest BCUT2D eigenvalue weighted by Gasteiger charge is 1.95. The summed E-state index contributed by atoms with van der Waals surface area (Å²) in [5.74, 6) is 0.859. The smallest absolute Gasteiger partial charge is 0.192 e. The quantitative estimate of drug-likeness (QED) is 0.699. The van der Waals surface area contributed by atoms with Gasteiger partial charge >= 0.3 is 0 Å². The first-order valence-corrected chi connectivity index (χ1v) is 5.69. The number of halogens is 1. The lowest BCUT2D eigenvalue weighted by molar-refractivity contribution is 1.05. The van der Waals surface area contributed by atoms with Gasteiger partial charge < -0.3 is 5.32 Å². The van der Waals surface area contributed by atoms with Crippen LogP contribution < -0.4 is 5.32 Å². The Labute approximate surface area is 102 Å². The van der Waals surface area contributed by atoms with Crippen LogP contribution in [0.4, 0.5) is 5.82 Å². The molecule has 0 bridgehead atoms. The lowest BCUT2D eigenvalue weighted by Crippen LogP contribution is -2.02. The average Bonchev–Trinajstić information content (AvgIpc) is 2.28. The monoisotopic (exact) mass is 311 g/mol. The minimum atomic E-state index is 0.755. The highest BCUT2D eigenvalue weighted by molar-refractivity contribution is 14.1. The minimum absolute atomic E-state index is 0.755. The SMILES string of the molecule is Ic1nccc(NCc2ccccc2)n1. The number of benzene rings is 1. The van der Waals surface area contributed by atoms with E-state index in [1.807, 2.05) is 24.3 Å². The molecule has 1 N–H and O–H groups in total. The van der Waals surface area contributed by atoms with Gasteiger partial charge in [-0.2, -0.15) is 0 Å². The number of anilines is 1. The molecule has 2 rings (SSSR count). The largest absolute Gasteiger partial charge is 0.366 e. The third kappa shape index (κ3) is 3.16. The molecular weight excluding hydrogens is 301 g/mol. The molecule has 15 heavy (non-hydrogen) atoms. The van der Waals surface area contributed by atoms with Crippen molar-refractivity contribution < 1.29 is 0 Å². The molecule has 0 spiro atoms. The second-order valence-electron chi connectivity index (χ2n) is 3.05. The van der Waals surface area contributed by atoms with Crippen LogP contribution >= 0.6 is 22.6 Å². The molecule has 3 nitrogen and oxygen atoms in total. The fraction of sp³-hybridized carbons (Fsp3) is 0.0909. The zero-order chi connectivity index (χ0) is 10.5. The third-order valence-electron chi connectivity index (χ3n) is 1.94. The van der Waals surface area contributed by atoms with E-state index in [0.29, 0.717) is 0 Å². The highest BCUT2D eigenvalue weighted by Crippen LogP contribution is 2.06. The summed E-state index contributed by atoms with van der Waals surface area (Å²) in [7, 11) is 0. The molecular formula is C11H10IN3. The summed E-state index contributed by atoms with van der Waals surface area (Å²) in [6.07, 6.45) is 1.75. The fourth-order valence-electron chi connectivity index (χ4n) is 1.22. The molecule has 1 heterocycles. The van der Waals surface area contributed by atoms with Gasteiger partial charge in [0.05, 0.1) is 0 Å². The Hall–Kier alpha value is -1.17. The first-order chi connectivity index (χ1) is 7.34. The number of aromatic nitrogens is 2. The molecule has 0 aliphatic carbocycles. The number of rotatable bonds is 3. The van der Waals surface area contributed by atoms with Crippen LogP contribution in [0.2, 0.25) is 0 Å². The van der Waals surface area contributed by atoms with Crippen molar-refractivity contribution >= 4 is 28.4 Å². The normalized spacial score (nSPS) is 9.93. The molecule has 76 valence electrons. The molecule has 0 fully saturated rings. The molecule has 2 aromatic rings. The van der Waals surface area contributed by atoms with Crippen LogP contribution in [0.15, 0.2) is 42.6 Å². The predicted molar refractivity (Wildman–Crippen MR) is 68.5 cm³/mol. The summed E-state index contributed by atoms with van der Waals surface area (Å²) in [5, 5.41) is 3.25. The molecule has 0 atom stereocenters. The van der Waals surface area contributed by atoms with Crippen molar-refractivity contribution in [3.63, 3.8) is 0 Å².